The third-order valence-corrected chi connectivity index (χ3v) is 5.71. The second-order valence-electron chi connectivity index (χ2n) is 5.66. The van der Waals surface area contributed by atoms with Gasteiger partial charge >= 0.3 is 0 Å². The van der Waals surface area contributed by atoms with Crippen LogP contribution < -0.4 is 19.5 Å². The van der Waals surface area contributed by atoms with Crippen LogP contribution in [0.3, 0.4) is 0 Å². The molecule has 0 heterocycles. The summed E-state index contributed by atoms with van der Waals surface area (Å²) >= 11 is 6.00. The van der Waals surface area contributed by atoms with Crippen molar-refractivity contribution < 1.29 is 22.7 Å². The molecule has 150 valence electrons. The second kappa shape index (κ2) is 9.59. The van der Waals surface area contributed by atoms with Crippen LogP contribution in [0.15, 0.2) is 53.9 Å². The highest BCUT2D eigenvalue weighted by atomic mass is 35.5. The Morgan fingerprint density at radius 1 is 1.14 bits per heavy atom. The summed E-state index contributed by atoms with van der Waals surface area (Å²) in [5, 5.41) is 2.76. The molecule has 2 aromatic carbocycles. The summed E-state index contributed by atoms with van der Waals surface area (Å²) in [5.41, 5.74) is 0.962. The fourth-order valence-electron chi connectivity index (χ4n) is 2.37. The molecular formula is C19H21ClN2O5S. The Morgan fingerprint density at radius 2 is 1.86 bits per heavy atom. The summed E-state index contributed by atoms with van der Waals surface area (Å²) in [5.74, 6) is 0.686. The van der Waals surface area contributed by atoms with Gasteiger partial charge in [-0.2, -0.15) is 0 Å². The smallest absolute Gasteiger partial charge is 0.251 e. The zero-order valence-corrected chi connectivity index (χ0v) is 17.1. The minimum atomic E-state index is -3.86. The minimum absolute atomic E-state index is 0.0213. The lowest BCUT2D eigenvalue weighted by atomic mass is 10.1. The summed E-state index contributed by atoms with van der Waals surface area (Å²) in [4.78, 5) is 12.3. The lowest BCUT2D eigenvalue weighted by Gasteiger charge is -2.11. The molecule has 1 amide bonds. The average molecular weight is 425 g/mol. The van der Waals surface area contributed by atoms with Crippen LogP contribution in [0.1, 0.15) is 15.9 Å². The van der Waals surface area contributed by atoms with E-state index in [-0.39, 0.29) is 28.6 Å². The Labute approximate surface area is 169 Å². The predicted octanol–water partition coefficient (Wildman–Crippen LogP) is 2.75. The van der Waals surface area contributed by atoms with E-state index in [0.717, 1.165) is 5.56 Å². The molecule has 9 heteroatoms. The molecule has 0 aliphatic heterocycles. The number of carbonyl (C=O) groups excluding carboxylic acids is 1. The molecule has 0 aliphatic rings. The highest BCUT2D eigenvalue weighted by Crippen LogP contribution is 2.27. The van der Waals surface area contributed by atoms with Crippen molar-refractivity contribution in [1.29, 1.82) is 0 Å². The second-order valence-corrected chi connectivity index (χ2v) is 7.80. The van der Waals surface area contributed by atoms with Crippen molar-refractivity contribution in [2.45, 2.75) is 11.4 Å². The van der Waals surface area contributed by atoms with Crippen molar-refractivity contribution in [3.8, 4) is 11.5 Å². The number of nitrogens with one attached hydrogen (secondary N) is 2. The van der Waals surface area contributed by atoms with Crippen LogP contribution in [0.4, 0.5) is 0 Å². The van der Waals surface area contributed by atoms with Gasteiger partial charge in [-0.15, -0.1) is 6.58 Å². The molecule has 0 fully saturated rings. The fourth-order valence-corrected chi connectivity index (χ4v) is 3.89. The first kappa shape index (κ1) is 21.7. The van der Waals surface area contributed by atoms with Gasteiger partial charge in [0.05, 0.1) is 19.2 Å². The quantitative estimate of drug-likeness (QED) is 0.604. The number of hydrogen-bond donors (Lipinski definition) is 2. The summed E-state index contributed by atoms with van der Waals surface area (Å²) < 4.78 is 37.3. The van der Waals surface area contributed by atoms with E-state index in [4.69, 9.17) is 21.1 Å². The molecule has 0 aromatic heterocycles. The Morgan fingerprint density at radius 3 is 2.50 bits per heavy atom. The van der Waals surface area contributed by atoms with Crippen molar-refractivity contribution in [2.24, 2.45) is 0 Å². The number of benzene rings is 2. The average Bonchev–Trinajstić information content (AvgIpc) is 2.70. The van der Waals surface area contributed by atoms with E-state index in [1.165, 1.54) is 38.5 Å². The zero-order valence-electron chi connectivity index (χ0n) is 15.5. The van der Waals surface area contributed by atoms with Gasteiger partial charge in [-0.25, -0.2) is 13.1 Å². The van der Waals surface area contributed by atoms with E-state index in [2.05, 4.69) is 16.6 Å². The van der Waals surface area contributed by atoms with Crippen molar-refractivity contribution in [3.05, 3.63) is 65.2 Å². The highest BCUT2D eigenvalue weighted by molar-refractivity contribution is 7.89. The lowest BCUT2D eigenvalue weighted by Crippen LogP contribution is -2.26. The minimum Gasteiger partial charge on any atom is -0.493 e. The Balaban J connectivity index is 2.17. The van der Waals surface area contributed by atoms with Crippen molar-refractivity contribution in [1.82, 2.24) is 10.0 Å². The fraction of sp³-hybridized carbons (Fsp3) is 0.211. The van der Waals surface area contributed by atoms with Crippen LogP contribution in [-0.2, 0) is 16.6 Å². The summed E-state index contributed by atoms with van der Waals surface area (Å²) in [7, 11) is -0.795. The van der Waals surface area contributed by atoms with Crippen molar-refractivity contribution >= 4 is 27.5 Å². The first-order chi connectivity index (χ1) is 13.3. The normalized spacial score (nSPS) is 11.0. The van der Waals surface area contributed by atoms with Gasteiger partial charge in [0.25, 0.3) is 5.91 Å². The maximum absolute atomic E-state index is 12.5. The van der Waals surface area contributed by atoms with E-state index >= 15 is 0 Å². The molecule has 7 nitrogen and oxygen atoms in total. The number of hydrogen-bond acceptors (Lipinski definition) is 5. The molecule has 0 bridgehead atoms. The topological polar surface area (TPSA) is 93.7 Å². The zero-order chi connectivity index (χ0) is 20.7. The number of carbonyl (C=O) groups is 1. The molecular weight excluding hydrogens is 404 g/mol. The van der Waals surface area contributed by atoms with Gasteiger partial charge in [0.1, 0.15) is 4.90 Å². The number of rotatable bonds is 9. The third kappa shape index (κ3) is 5.25. The predicted molar refractivity (Wildman–Crippen MR) is 108 cm³/mol. The number of amides is 1. The van der Waals surface area contributed by atoms with E-state index in [9.17, 15) is 13.2 Å². The summed E-state index contributed by atoms with van der Waals surface area (Å²) in [6.07, 6.45) is 1.41. The van der Waals surface area contributed by atoms with E-state index in [1.54, 1.807) is 18.2 Å². The molecule has 2 N–H and O–H groups in total. The number of halogens is 1. The number of methoxy groups -OCH3 is 2. The summed E-state index contributed by atoms with van der Waals surface area (Å²) in [6.45, 7) is 3.73. The van der Waals surface area contributed by atoms with Gasteiger partial charge < -0.3 is 14.8 Å². The van der Waals surface area contributed by atoms with Crippen LogP contribution in [-0.4, -0.2) is 35.1 Å². The van der Waals surface area contributed by atoms with Crippen LogP contribution in [0, 0.1) is 0 Å². The number of ether oxygens (including phenoxy) is 2. The SMILES string of the molecule is C=CCNS(=O)(=O)c1cc(C(=O)NCc2ccc(OC)c(OC)c2)ccc1Cl. The van der Waals surface area contributed by atoms with Gasteiger partial charge in [-0.05, 0) is 35.9 Å². The maximum Gasteiger partial charge on any atom is 0.251 e. The van der Waals surface area contributed by atoms with Crippen LogP contribution in [0.25, 0.3) is 0 Å². The molecule has 0 saturated heterocycles. The van der Waals surface area contributed by atoms with Gasteiger partial charge in [-0.3, -0.25) is 4.79 Å². The van der Waals surface area contributed by atoms with Crippen molar-refractivity contribution in [3.63, 3.8) is 0 Å². The first-order valence-electron chi connectivity index (χ1n) is 8.21. The van der Waals surface area contributed by atoms with Gasteiger partial charge in [0, 0.05) is 18.7 Å². The molecule has 28 heavy (non-hydrogen) atoms. The molecule has 0 spiro atoms. The van der Waals surface area contributed by atoms with Gasteiger partial charge in [0.2, 0.25) is 10.0 Å². The van der Waals surface area contributed by atoms with Crippen molar-refractivity contribution in [2.75, 3.05) is 20.8 Å². The molecule has 0 radical (unpaired) electrons. The van der Waals surface area contributed by atoms with E-state index in [1.807, 2.05) is 0 Å². The molecule has 2 rings (SSSR count). The number of sulfonamides is 1. The monoisotopic (exact) mass is 424 g/mol. The molecule has 0 atom stereocenters. The summed E-state index contributed by atoms with van der Waals surface area (Å²) in [6, 6.07) is 9.33. The Kier molecular flexibility index (Phi) is 7.45. The Bertz CT molecular complexity index is 976. The highest BCUT2D eigenvalue weighted by Gasteiger charge is 2.19. The molecule has 0 aliphatic carbocycles. The third-order valence-electron chi connectivity index (χ3n) is 3.80. The van der Waals surface area contributed by atoms with Gasteiger partial charge in [0.15, 0.2) is 11.5 Å². The lowest BCUT2D eigenvalue weighted by molar-refractivity contribution is 0.0950. The molecule has 0 unspecified atom stereocenters. The van der Waals surface area contributed by atoms with Crippen LogP contribution >= 0.6 is 11.6 Å². The Hall–Kier alpha value is -2.55. The largest absolute Gasteiger partial charge is 0.493 e. The van der Waals surface area contributed by atoms with Crippen LogP contribution in [0.5, 0.6) is 11.5 Å². The maximum atomic E-state index is 12.5. The van der Waals surface area contributed by atoms with E-state index < -0.39 is 15.9 Å². The molecule has 2 aromatic rings. The molecule has 0 saturated carbocycles. The van der Waals surface area contributed by atoms with Gasteiger partial charge in [-0.1, -0.05) is 23.7 Å². The van der Waals surface area contributed by atoms with E-state index in [0.29, 0.717) is 11.5 Å². The van der Waals surface area contributed by atoms with Crippen LogP contribution in [0.2, 0.25) is 5.02 Å². The standard InChI is InChI=1S/C19H21ClN2O5S/c1-4-9-22-28(24,25)18-11-14(6-7-15(18)20)19(23)21-12-13-5-8-16(26-2)17(10-13)27-3/h4-8,10-11,22H,1,9,12H2,2-3H3,(H,21,23). The first-order valence-corrected chi connectivity index (χ1v) is 10.1.